The SMILES string of the molecule is CCNC(Cc1cc(Br)ccc1F)C(CC)(CC)OCC. The van der Waals surface area contributed by atoms with Crippen LogP contribution in [0.3, 0.4) is 0 Å². The summed E-state index contributed by atoms with van der Waals surface area (Å²) in [4.78, 5) is 0. The summed E-state index contributed by atoms with van der Waals surface area (Å²) in [6, 6.07) is 5.21. The molecule has 0 aliphatic heterocycles. The maximum atomic E-state index is 14.1. The van der Waals surface area contributed by atoms with E-state index in [1.165, 1.54) is 6.07 Å². The van der Waals surface area contributed by atoms with Crippen molar-refractivity contribution in [3.8, 4) is 0 Å². The Labute approximate surface area is 136 Å². The van der Waals surface area contributed by atoms with Crippen LogP contribution in [0.25, 0.3) is 0 Å². The molecule has 0 saturated heterocycles. The molecule has 0 radical (unpaired) electrons. The first kappa shape index (κ1) is 18.6. The summed E-state index contributed by atoms with van der Waals surface area (Å²) in [5.41, 5.74) is 0.473. The number of likely N-dealkylation sites (N-methyl/N-ethyl adjacent to an activating group) is 1. The minimum atomic E-state index is -0.250. The highest BCUT2D eigenvalue weighted by molar-refractivity contribution is 9.10. The van der Waals surface area contributed by atoms with Crippen LogP contribution < -0.4 is 5.32 Å². The quantitative estimate of drug-likeness (QED) is 0.689. The van der Waals surface area contributed by atoms with Crippen molar-refractivity contribution in [3.63, 3.8) is 0 Å². The van der Waals surface area contributed by atoms with Gasteiger partial charge >= 0.3 is 0 Å². The highest BCUT2D eigenvalue weighted by Crippen LogP contribution is 2.29. The van der Waals surface area contributed by atoms with Crippen molar-refractivity contribution >= 4 is 15.9 Å². The lowest BCUT2D eigenvalue weighted by Gasteiger charge is -2.40. The van der Waals surface area contributed by atoms with Gasteiger partial charge in [-0.1, -0.05) is 36.7 Å². The Kier molecular flexibility index (Phi) is 7.85. The lowest BCUT2D eigenvalue weighted by molar-refractivity contribution is -0.0717. The fourth-order valence-electron chi connectivity index (χ4n) is 2.95. The van der Waals surface area contributed by atoms with Gasteiger partial charge in [-0.25, -0.2) is 4.39 Å². The van der Waals surface area contributed by atoms with Gasteiger partial charge in [0.2, 0.25) is 0 Å². The third-order valence-corrected chi connectivity index (χ3v) is 4.64. The maximum Gasteiger partial charge on any atom is 0.126 e. The van der Waals surface area contributed by atoms with Gasteiger partial charge in [0.15, 0.2) is 0 Å². The summed E-state index contributed by atoms with van der Waals surface area (Å²) >= 11 is 3.42. The molecule has 21 heavy (non-hydrogen) atoms. The van der Waals surface area contributed by atoms with Crippen molar-refractivity contribution in [1.29, 1.82) is 0 Å². The Morgan fingerprint density at radius 3 is 2.43 bits per heavy atom. The van der Waals surface area contributed by atoms with E-state index in [0.29, 0.717) is 13.0 Å². The lowest BCUT2D eigenvalue weighted by Crippen LogP contribution is -2.53. The van der Waals surface area contributed by atoms with Crippen molar-refractivity contribution < 1.29 is 9.13 Å². The molecule has 1 aromatic rings. The maximum absolute atomic E-state index is 14.1. The van der Waals surface area contributed by atoms with Crippen molar-refractivity contribution in [2.45, 2.75) is 58.6 Å². The smallest absolute Gasteiger partial charge is 0.126 e. The number of rotatable bonds is 9. The second-order valence-electron chi connectivity index (χ2n) is 5.26. The number of hydrogen-bond donors (Lipinski definition) is 1. The topological polar surface area (TPSA) is 21.3 Å². The Morgan fingerprint density at radius 1 is 1.24 bits per heavy atom. The summed E-state index contributed by atoms with van der Waals surface area (Å²) in [7, 11) is 0. The molecular weight excluding hydrogens is 333 g/mol. The van der Waals surface area contributed by atoms with E-state index >= 15 is 0 Å². The minimum Gasteiger partial charge on any atom is -0.374 e. The number of nitrogens with one attached hydrogen (secondary N) is 1. The average molecular weight is 360 g/mol. The highest BCUT2D eigenvalue weighted by Gasteiger charge is 2.36. The predicted molar refractivity (Wildman–Crippen MR) is 90.2 cm³/mol. The first-order chi connectivity index (χ1) is 10.0. The van der Waals surface area contributed by atoms with Crippen LogP contribution in [0.2, 0.25) is 0 Å². The second kappa shape index (κ2) is 8.86. The molecule has 0 aromatic heterocycles. The van der Waals surface area contributed by atoms with Crippen LogP contribution in [0, 0.1) is 5.82 Å². The van der Waals surface area contributed by atoms with Gasteiger partial charge in [-0.3, -0.25) is 0 Å². The summed E-state index contributed by atoms with van der Waals surface area (Å²) < 4.78 is 21.1. The van der Waals surface area contributed by atoms with Crippen LogP contribution in [0.1, 0.15) is 46.1 Å². The molecule has 1 atom stereocenters. The Hall–Kier alpha value is -0.450. The summed E-state index contributed by atoms with van der Waals surface area (Å²) in [6.07, 6.45) is 2.44. The van der Waals surface area contributed by atoms with Gasteiger partial charge in [0, 0.05) is 17.1 Å². The Balaban J connectivity index is 3.07. The Bertz CT molecular complexity index is 435. The zero-order valence-electron chi connectivity index (χ0n) is 13.5. The van der Waals surface area contributed by atoms with E-state index in [9.17, 15) is 4.39 Å². The fourth-order valence-corrected chi connectivity index (χ4v) is 3.35. The van der Waals surface area contributed by atoms with Gasteiger partial charge < -0.3 is 10.1 Å². The molecule has 0 spiro atoms. The Morgan fingerprint density at radius 2 is 1.90 bits per heavy atom. The normalized spacial score (nSPS) is 13.4. The molecule has 0 saturated carbocycles. The minimum absolute atomic E-state index is 0.0984. The lowest BCUT2D eigenvalue weighted by atomic mass is 9.84. The van der Waals surface area contributed by atoms with E-state index in [-0.39, 0.29) is 17.5 Å². The van der Waals surface area contributed by atoms with E-state index in [4.69, 9.17) is 4.74 Å². The third kappa shape index (κ3) is 4.76. The first-order valence-corrected chi connectivity index (χ1v) is 8.63. The van der Waals surface area contributed by atoms with Gasteiger partial charge in [0.05, 0.1) is 5.60 Å². The number of ether oxygens (including phenoxy) is 1. The first-order valence-electron chi connectivity index (χ1n) is 7.84. The van der Waals surface area contributed by atoms with Gasteiger partial charge in [-0.15, -0.1) is 0 Å². The molecule has 120 valence electrons. The molecule has 1 N–H and O–H groups in total. The second-order valence-corrected chi connectivity index (χ2v) is 6.17. The van der Waals surface area contributed by atoms with E-state index in [2.05, 4.69) is 42.0 Å². The van der Waals surface area contributed by atoms with Crippen LogP contribution in [0.5, 0.6) is 0 Å². The number of halogens is 2. The summed E-state index contributed by atoms with van der Waals surface area (Å²) in [5.74, 6) is -0.154. The zero-order chi connectivity index (χ0) is 15.9. The largest absolute Gasteiger partial charge is 0.374 e. The standard InChI is InChI=1S/C17H27BrFNO/c1-5-17(6-2,21-8-4)16(20-7-3)12-13-11-14(18)9-10-15(13)19/h9-11,16,20H,5-8,12H2,1-4H3. The van der Waals surface area contributed by atoms with Crippen molar-refractivity contribution in [2.24, 2.45) is 0 Å². The monoisotopic (exact) mass is 359 g/mol. The van der Waals surface area contributed by atoms with E-state index in [1.807, 2.05) is 13.0 Å². The van der Waals surface area contributed by atoms with Gasteiger partial charge in [0.25, 0.3) is 0 Å². The third-order valence-electron chi connectivity index (χ3n) is 4.15. The number of hydrogen-bond acceptors (Lipinski definition) is 2. The summed E-state index contributed by atoms with van der Waals surface area (Å²) in [5, 5.41) is 3.50. The predicted octanol–water partition coefficient (Wildman–Crippen LogP) is 4.70. The molecule has 2 nitrogen and oxygen atoms in total. The van der Waals surface area contributed by atoms with Crippen molar-refractivity contribution in [2.75, 3.05) is 13.2 Å². The molecule has 0 amide bonds. The average Bonchev–Trinajstić information content (AvgIpc) is 2.48. The molecular formula is C17H27BrFNO. The molecule has 1 rings (SSSR count). The molecule has 4 heteroatoms. The number of benzene rings is 1. The van der Waals surface area contributed by atoms with E-state index in [0.717, 1.165) is 29.4 Å². The molecule has 1 unspecified atom stereocenters. The molecule has 0 fully saturated rings. The molecule has 0 aliphatic rings. The van der Waals surface area contributed by atoms with Crippen LogP contribution >= 0.6 is 15.9 Å². The molecule has 1 aromatic carbocycles. The van der Waals surface area contributed by atoms with Crippen molar-refractivity contribution in [1.82, 2.24) is 5.32 Å². The van der Waals surface area contributed by atoms with Crippen LogP contribution in [0.15, 0.2) is 22.7 Å². The molecule has 0 heterocycles. The van der Waals surface area contributed by atoms with Crippen LogP contribution in [-0.4, -0.2) is 24.8 Å². The fraction of sp³-hybridized carbons (Fsp3) is 0.647. The van der Waals surface area contributed by atoms with E-state index in [1.54, 1.807) is 6.07 Å². The van der Waals surface area contributed by atoms with E-state index < -0.39 is 0 Å². The molecule has 0 bridgehead atoms. The highest BCUT2D eigenvalue weighted by atomic mass is 79.9. The van der Waals surface area contributed by atoms with Gasteiger partial charge in [-0.05, 0) is 56.5 Å². The van der Waals surface area contributed by atoms with Gasteiger partial charge in [-0.2, -0.15) is 0 Å². The van der Waals surface area contributed by atoms with Crippen molar-refractivity contribution in [3.05, 3.63) is 34.1 Å². The molecule has 0 aliphatic carbocycles. The van der Waals surface area contributed by atoms with Crippen LogP contribution in [0.4, 0.5) is 4.39 Å². The van der Waals surface area contributed by atoms with Gasteiger partial charge in [0.1, 0.15) is 5.82 Å². The zero-order valence-corrected chi connectivity index (χ0v) is 15.1. The summed E-state index contributed by atoms with van der Waals surface area (Å²) in [6.45, 7) is 9.89. The van der Waals surface area contributed by atoms with Crippen LogP contribution in [-0.2, 0) is 11.2 Å².